The number of pyridine rings is 1. The lowest BCUT2D eigenvalue weighted by molar-refractivity contribution is -0.141. The molecule has 2 aromatic rings. The molecule has 1 aliphatic rings. The number of amides is 2. The summed E-state index contributed by atoms with van der Waals surface area (Å²) in [6.07, 6.45) is -3.72. The molecule has 11 nitrogen and oxygen atoms in total. The number of aromatic nitrogens is 5. The first-order chi connectivity index (χ1) is 15.0. The molecule has 0 radical (unpaired) electrons. The molecule has 0 saturated carbocycles. The van der Waals surface area contributed by atoms with E-state index in [-0.39, 0.29) is 36.9 Å². The van der Waals surface area contributed by atoms with Gasteiger partial charge in [0, 0.05) is 13.6 Å². The van der Waals surface area contributed by atoms with E-state index in [0.717, 1.165) is 6.07 Å². The first-order valence-corrected chi connectivity index (χ1v) is 9.30. The normalized spacial score (nSPS) is 18.5. The van der Waals surface area contributed by atoms with Crippen LogP contribution in [-0.2, 0) is 29.3 Å². The maximum atomic E-state index is 13.1. The number of nitrogens with zero attached hydrogens (tertiary/aromatic N) is 6. The van der Waals surface area contributed by atoms with Crippen molar-refractivity contribution in [3.05, 3.63) is 41.7 Å². The maximum absolute atomic E-state index is 13.1. The molecule has 14 heteroatoms. The molecular weight excluding hydrogens is 435 g/mol. The third kappa shape index (κ3) is 5.19. The van der Waals surface area contributed by atoms with Crippen LogP contribution < -0.4 is 5.32 Å². The third-order valence-corrected chi connectivity index (χ3v) is 4.47. The van der Waals surface area contributed by atoms with Crippen molar-refractivity contribution in [2.24, 2.45) is 7.05 Å². The van der Waals surface area contributed by atoms with Gasteiger partial charge in [0.2, 0.25) is 5.95 Å². The highest BCUT2D eigenvalue weighted by Crippen LogP contribution is 2.29. The molecule has 3 heterocycles. The molecule has 1 saturated heterocycles. The summed E-state index contributed by atoms with van der Waals surface area (Å²) >= 11 is 0. The lowest BCUT2D eigenvalue weighted by Gasteiger charge is -2.22. The minimum absolute atomic E-state index is 0.00513. The van der Waals surface area contributed by atoms with E-state index < -0.39 is 36.1 Å². The van der Waals surface area contributed by atoms with E-state index in [1.165, 1.54) is 22.7 Å². The summed E-state index contributed by atoms with van der Waals surface area (Å²) in [6.45, 7) is 5.12. The van der Waals surface area contributed by atoms with Crippen LogP contribution in [0.4, 0.5) is 23.9 Å². The first kappa shape index (κ1) is 23.1. The molecule has 0 bridgehead atoms. The number of alkyl halides is 3. The van der Waals surface area contributed by atoms with Gasteiger partial charge in [0.1, 0.15) is 5.69 Å². The number of nitrogens with one attached hydrogen (secondary N) is 1. The molecule has 1 fully saturated rings. The molecule has 3 rings (SSSR count). The maximum Gasteiger partial charge on any atom is 0.433 e. The Kier molecular flexibility index (Phi) is 6.43. The minimum Gasteiger partial charge on any atom is -0.439 e. The second-order valence-corrected chi connectivity index (χ2v) is 7.25. The smallest absolute Gasteiger partial charge is 0.433 e. The number of halogens is 3. The van der Waals surface area contributed by atoms with Gasteiger partial charge in [-0.3, -0.25) is 10.1 Å². The van der Waals surface area contributed by atoms with E-state index in [0.29, 0.717) is 6.07 Å². The number of cyclic esters (lactones) is 1. The summed E-state index contributed by atoms with van der Waals surface area (Å²) in [5, 5.41) is 12.9. The lowest BCUT2D eigenvalue weighted by Crippen LogP contribution is -2.36. The fraction of sp³-hybridized carbons (Fsp3) is 0.444. The SMILES string of the molecule is C=CCN1CC(C)(COCc2nc(C(F)(F)F)ccc2C(=O)Nc2nnnn2C)OC1=O. The van der Waals surface area contributed by atoms with Crippen molar-refractivity contribution in [3.63, 3.8) is 0 Å². The lowest BCUT2D eigenvalue weighted by atomic mass is 10.1. The van der Waals surface area contributed by atoms with E-state index in [9.17, 15) is 22.8 Å². The van der Waals surface area contributed by atoms with Crippen molar-refractivity contribution >= 4 is 17.9 Å². The Balaban J connectivity index is 1.76. The fourth-order valence-electron chi connectivity index (χ4n) is 2.99. The average molecular weight is 455 g/mol. The fourth-order valence-corrected chi connectivity index (χ4v) is 2.99. The van der Waals surface area contributed by atoms with Crippen LogP contribution in [0.5, 0.6) is 0 Å². The molecule has 2 amide bonds. The van der Waals surface area contributed by atoms with Crippen LogP contribution in [0.3, 0.4) is 0 Å². The van der Waals surface area contributed by atoms with Gasteiger partial charge in [-0.1, -0.05) is 11.2 Å². The predicted molar refractivity (Wildman–Crippen MR) is 102 cm³/mol. The number of aryl methyl sites for hydroxylation is 1. The van der Waals surface area contributed by atoms with Gasteiger partial charge in [0.15, 0.2) is 5.60 Å². The zero-order chi connectivity index (χ0) is 23.5. The number of hydrogen-bond acceptors (Lipinski definition) is 8. The van der Waals surface area contributed by atoms with Crippen LogP contribution in [-0.4, -0.2) is 67.4 Å². The Morgan fingerprint density at radius 1 is 1.44 bits per heavy atom. The van der Waals surface area contributed by atoms with E-state index in [1.807, 2.05) is 0 Å². The van der Waals surface area contributed by atoms with Crippen LogP contribution in [0.1, 0.15) is 28.7 Å². The van der Waals surface area contributed by atoms with E-state index in [4.69, 9.17) is 9.47 Å². The van der Waals surface area contributed by atoms with Crippen molar-refractivity contribution in [2.45, 2.75) is 25.3 Å². The molecule has 1 aliphatic heterocycles. The molecule has 1 atom stereocenters. The number of carbonyl (C=O) groups is 2. The van der Waals surface area contributed by atoms with Crippen LogP contribution in [0.25, 0.3) is 0 Å². The minimum atomic E-state index is -4.71. The standard InChI is InChI=1S/C18H20F3N7O4/c1-4-7-28-9-17(2,32-16(28)30)10-31-8-12-11(5-6-13(22-12)18(19,20)21)14(29)23-15-24-25-26-27(15)3/h4-6H,1,7-10H2,2-3H3,(H,23,24,26,29). The van der Waals surface area contributed by atoms with Crippen molar-refractivity contribution in [3.8, 4) is 0 Å². The summed E-state index contributed by atoms with van der Waals surface area (Å²) in [5.74, 6) is -0.771. The highest BCUT2D eigenvalue weighted by atomic mass is 19.4. The highest BCUT2D eigenvalue weighted by Gasteiger charge is 2.41. The molecule has 0 spiro atoms. The van der Waals surface area contributed by atoms with Gasteiger partial charge in [-0.2, -0.15) is 13.2 Å². The molecule has 2 aromatic heterocycles. The van der Waals surface area contributed by atoms with Crippen molar-refractivity contribution in [1.29, 1.82) is 0 Å². The van der Waals surface area contributed by atoms with Crippen LogP contribution >= 0.6 is 0 Å². The van der Waals surface area contributed by atoms with Gasteiger partial charge < -0.3 is 14.4 Å². The zero-order valence-corrected chi connectivity index (χ0v) is 17.2. The summed E-state index contributed by atoms with van der Waals surface area (Å²) in [7, 11) is 1.48. The van der Waals surface area contributed by atoms with Crippen molar-refractivity contribution < 1.29 is 32.2 Å². The first-order valence-electron chi connectivity index (χ1n) is 9.30. The zero-order valence-electron chi connectivity index (χ0n) is 17.2. The van der Waals surface area contributed by atoms with Crippen LogP contribution in [0.2, 0.25) is 0 Å². The highest BCUT2D eigenvalue weighted by molar-refractivity contribution is 6.04. The monoisotopic (exact) mass is 455 g/mol. The summed E-state index contributed by atoms with van der Waals surface area (Å²) in [4.78, 5) is 29.5. The number of rotatable bonds is 8. The number of hydrogen-bond donors (Lipinski definition) is 1. The quantitative estimate of drug-likeness (QED) is 0.598. The van der Waals surface area contributed by atoms with E-state index in [1.54, 1.807) is 6.92 Å². The molecule has 1 N–H and O–H groups in total. The third-order valence-electron chi connectivity index (χ3n) is 4.47. The molecule has 1 unspecified atom stereocenters. The topological polar surface area (TPSA) is 124 Å². The van der Waals surface area contributed by atoms with Gasteiger partial charge >= 0.3 is 12.3 Å². The van der Waals surface area contributed by atoms with Crippen molar-refractivity contribution in [2.75, 3.05) is 25.0 Å². The van der Waals surface area contributed by atoms with Crippen LogP contribution in [0, 0.1) is 0 Å². The van der Waals surface area contributed by atoms with Crippen LogP contribution in [0.15, 0.2) is 24.8 Å². The van der Waals surface area contributed by atoms with Gasteiger partial charge in [-0.15, -0.1) is 6.58 Å². The summed E-state index contributed by atoms with van der Waals surface area (Å²) in [5.41, 5.74) is -2.59. The Labute approximate surface area is 180 Å². The largest absolute Gasteiger partial charge is 0.439 e. The number of anilines is 1. The predicted octanol–water partition coefficient (Wildman–Crippen LogP) is 1.79. The number of carbonyl (C=O) groups excluding carboxylic acids is 2. The average Bonchev–Trinajstić information content (AvgIpc) is 3.23. The summed E-state index contributed by atoms with van der Waals surface area (Å²) in [6, 6.07) is 1.69. The molecule has 32 heavy (non-hydrogen) atoms. The summed E-state index contributed by atoms with van der Waals surface area (Å²) < 4.78 is 51.4. The molecule has 0 aliphatic carbocycles. The molecule has 172 valence electrons. The van der Waals surface area contributed by atoms with Crippen molar-refractivity contribution in [1.82, 2.24) is 30.1 Å². The second kappa shape index (κ2) is 8.90. The Bertz CT molecular complexity index is 1030. The Morgan fingerprint density at radius 2 is 2.19 bits per heavy atom. The molecule has 0 aromatic carbocycles. The Morgan fingerprint density at radius 3 is 2.81 bits per heavy atom. The Hall–Kier alpha value is -3.55. The van der Waals surface area contributed by atoms with Gasteiger partial charge in [-0.05, 0) is 29.5 Å². The van der Waals surface area contributed by atoms with Gasteiger partial charge in [0.25, 0.3) is 5.91 Å². The van der Waals surface area contributed by atoms with Gasteiger partial charge in [-0.25, -0.2) is 14.5 Å². The molecular formula is C18H20F3N7O4. The number of ether oxygens (including phenoxy) is 2. The number of tetrazole rings is 1. The van der Waals surface area contributed by atoms with E-state index >= 15 is 0 Å². The second-order valence-electron chi connectivity index (χ2n) is 7.25. The van der Waals surface area contributed by atoms with Gasteiger partial charge in [0.05, 0.1) is 31.0 Å². The van der Waals surface area contributed by atoms with E-state index in [2.05, 4.69) is 32.4 Å².